The molecule has 2 aromatic heterocycles. The van der Waals surface area contributed by atoms with Gasteiger partial charge in [0.05, 0.1) is 0 Å². The number of nitriles is 2. The minimum atomic E-state index is -0.301. The molecule has 0 radical (unpaired) electrons. The summed E-state index contributed by atoms with van der Waals surface area (Å²) in [5.41, 5.74) is 3.83. The third-order valence-corrected chi connectivity index (χ3v) is 10.9. The zero-order valence-corrected chi connectivity index (χ0v) is 22.1. The molecule has 0 aliphatic heterocycles. The third kappa shape index (κ3) is 4.67. The van der Waals surface area contributed by atoms with Crippen LogP contribution in [0.5, 0.6) is 0 Å². The molecule has 8 heteroatoms. The molecule has 0 aliphatic rings. The van der Waals surface area contributed by atoms with E-state index in [1.54, 1.807) is 12.1 Å². The van der Waals surface area contributed by atoms with Gasteiger partial charge in [0.15, 0.2) is 0 Å². The molecular weight excluding hydrogens is 597 g/mol. The third-order valence-electron chi connectivity index (χ3n) is 4.88. The topological polar surface area (TPSA) is 56.3 Å². The van der Waals surface area contributed by atoms with Crippen molar-refractivity contribution in [2.75, 3.05) is 0 Å². The molecule has 0 fully saturated rings. The fourth-order valence-corrected chi connectivity index (χ4v) is 8.98. The fourth-order valence-electron chi connectivity index (χ4n) is 3.31. The number of nitrogens with zero attached hydrogens (tertiary/aromatic N) is 4. The summed E-state index contributed by atoms with van der Waals surface area (Å²) in [6.45, 7) is 14.9. The summed E-state index contributed by atoms with van der Waals surface area (Å²) >= 11 is 11.6. The van der Waals surface area contributed by atoms with Crippen LogP contribution in [0.25, 0.3) is 43.3 Å². The summed E-state index contributed by atoms with van der Waals surface area (Å²) in [5, 5.41) is 20.2. The molecule has 0 N–H and O–H groups in total. The summed E-state index contributed by atoms with van der Waals surface area (Å²) in [7, 11) is 0. The molecule has 0 atom stereocenters. The molecule has 0 saturated carbocycles. The molecule has 34 heavy (non-hydrogen) atoms. The van der Waals surface area contributed by atoms with Gasteiger partial charge in [-0.2, -0.15) is 0 Å². The van der Waals surface area contributed by atoms with Crippen molar-refractivity contribution < 1.29 is 0 Å². The van der Waals surface area contributed by atoms with Crippen molar-refractivity contribution >= 4 is 63.6 Å². The van der Waals surface area contributed by atoms with Crippen molar-refractivity contribution in [1.82, 2.24) is 0 Å². The van der Waals surface area contributed by atoms with Crippen molar-refractivity contribution in [3.63, 3.8) is 0 Å². The molecule has 0 unspecified atom stereocenters. The van der Waals surface area contributed by atoms with Gasteiger partial charge < -0.3 is 0 Å². The molecule has 0 amide bonds. The maximum absolute atomic E-state index is 9.49. The molecule has 0 bridgehead atoms. The number of hydrogen-bond donors (Lipinski definition) is 0. The van der Waals surface area contributed by atoms with Crippen molar-refractivity contribution in [3.8, 4) is 34.4 Å². The van der Waals surface area contributed by atoms with E-state index >= 15 is 0 Å². The average molecular weight is 607 g/mol. The first-order valence-electron chi connectivity index (χ1n) is 9.58. The van der Waals surface area contributed by atoms with Crippen molar-refractivity contribution in [1.29, 1.82) is 10.5 Å². The van der Waals surface area contributed by atoms with Crippen molar-refractivity contribution in [3.05, 3.63) is 110 Å². The zero-order valence-electron chi connectivity index (χ0n) is 17.1. The number of halogens is 2. The normalized spacial score (nSPS) is 11.0. The van der Waals surface area contributed by atoms with Gasteiger partial charge in [-0.15, -0.1) is 0 Å². The van der Waals surface area contributed by atoms with Crippen LogP contribution in [-0.2, 0) is 0 Å². The first-order chi connectivity index (χ1) is 16.5. The van der Waals surface area contributed by atoms with E-state index in [0.717, 1.165) is 34.5 Å². The number of rotatable bonds is 2. The summed E-state index contributed by atoms with van der Waals surface area (Å²) < 4.78 is 3.51. The Balaban J connectivity index is 2.28. The van der Waals surface area contributed by atoms with E-state index < -0.39 is 0 Å². The Kier molecular flexibility index (Phi) is 7.25. The number of benzene rings is 2. The van der Waals surface area contributed by atoms with E-state index in [4.69, 9.17) is 36.3 Å². The first-order valence-corrected chi connectivity index (χ1v) is 13.8. The van der Waals surface area contributed by atoms with E-state index in [9.17, 15) is 10.5 Å². The molecular formula is C26H10Cl2N4Se2. The Morgan fingerprint density at radius 3 is 1.53 bits per heavy atom. The van der Waals surface area contributed by atoms with Gasteiger partial charge in [0, 0.05) is 0 Å². The average Bonchev–Trinajstić information content (AvgIpc) is 3.47. The Morgan fingerprint density at radius 1 is 0.706 bits per heavy atom. The monoisotopic (exact) mass is 608 g/mol. The van der Waals surface area contributed by atoms with Gasteiger partial charge in [0.25, 0.3) is 0 Å². The van der Waals surface area contributed by atoms with Crippen molar-refractivity contribution in [2.45, 2.75) is 0 Å². The molecule has 4 rings (SSSR count). The summed E-state index contributed by atoms with van der Waals surface area (Å²) in [4.78, 5) is 6.86. The molecule has 2 aromatic carbocycles. The Morgan fingerprint density at radius 2 is 1.12 bits per heavy atom. The van der Waals surface area contributed by atoms with E-state index in [-0.39, 0.29) is 40.4 Å². The van der Waals surface area contributed by atoms with Crippen LogP contribution < -0.4 is 8.19 Å². The summed E-state index contributed by atoms with van der Waals surface area (Å²) in [5.74, 6) is 0.0649. The van der Waals surface area contributed by atoms with Gasteiger partial charge in [-0.25, -0.2) is 0 Å². The van der Waals surface area contributed by atoms with E-state index in [0.29, 0.717) is 14.1 Å². The first kappa shape index (κ1) is 23.9. The molecule has 0 aliphatic carbocycles. The summed E-state index contributed by atoms with van der Waals surface area (Å²) in [6, 6.07) is 22.8. The van der Waals surface area contributed by atoms with Crippen LogP contribution in [-0.4, -0.2) is 29.0 Å². The van der Waals surface area contributed by atoms with E-state index in [1.807, 2.05) is 60.7 Å². The van der Waals surface area contributed by atoms with Gasteiger partial charge in [-0.1, -0.05) is 0 Å². The van der Waals surface area contributed by atoms with Crippen LogP contribution in [0.15, 0.2) is 60.7 Å². The Labute approximate surface area is 217 Å². The van der Waals surface area contributed by atoms with Crippen LogP contribution in [0, 0.1) is 44.0 Å². The van der Waals surface area contributed by atoms with Crippen LogP contribution in [0.4, 0.5) is 0 Å². The van der Waals surface area contributed by atoms with Gasteiger partial charge in [0.2, 0.25) is 0 Å². The van der Waals surface area contributed by atoms with Gasteiger partial charge >= 0.3 is 218 Å². The van der Waals surface area contributed by atoms with Gasteiger partial charge in [-0.05, 0) is 0 Å². The van der Waals surface area contributed by atoms with Crippen LogP contribution in [0.2, 0.25) is 10.0 Å². The molecule has 2 heterocycles. The molecule has 0 spiro atoms. The Hall–Kier alpha value is -3.28. The predicted octanol–water partition coefficient (Wildman–Crippen LogP) is 4.83. The van der Waals surface area contributed by atoms with Gasteiger partial charge in [-0.3, -0.25) is 0 Å². The van der Waals surface area contributed by atoms with Crippen molar-refractivity contribution in [2.24, 2.45) is 0 Å². The van der Waals surface area contributed by atoms with Crippen LogP contribution in [0.3, 0.4) is 0 Å². The number of hydrogen-bond acceptors (Lipinski definition) is 2. The second-order valence-corrected chi connectivity index (χ2v) is 12.2. The quantitative estimate of drug-likeness (QED) is 0.242. The minimum absolute atomic E-state index is 0.0649. The SMILES string of the molecule is [C-]#[N+]C([N+]#[C-])=c1cc(-c2ccc(Cl)cc2)/c(=c2\[se]c(=C(C#N)C#N)cc2-c2ccc(Cl)cc2)[se]1. The predicted molar refractivity (Wildman–Crippen MR) is 136 cm³/mol. The zero-order chi connectivity index (χ0) is 24.2. The summed E-state index contributed by atoms with van der Waals surface area (Å²) in [6.07, 6.45) is 0. The van der Waals surface area contributed by atoms with Crippen LogP contribution >= 0.6 is 23.2 Å². The molecule has 4 aromatic rings. The second-order valence-electron chi connectivity index (χ2n) is 6.87. The fraction of sp³-hybridized carbons (Fsp3) is 0. The standard InChI is InChI=1S/C26H10Cl2N4Se2/c1-31-26(32-2)23-12-21(16-5-9-19(28)10-6-16)25(34-23)24-20(15-3-7-18(27)8-4-15)11-22(33-24)17(13-29)14-30/h3-12H/b25-24+. The Bertz CT molecular complexity index is 1640. The molecule has 160 valence electrons. The molecule has 4 nitrogen and oxygen atoms in total. The van der Waals surface area contributed by atoms with E-state index in [2.05, 4.69) is 9.69 Å². The maximum atomic E-state index is 9.49. The second kappa shape index (κ2) is 10.3. The van der Waals surface area contributed by atoms with Crippen LogP contribution in [0.1, 0.15) is 0 Å². The molecule has 0 saturated heterocycles. The van der Waals surface area contributed by atoms with E-state index in [1.165, 1.54) is 0 Å². The van der Waals surface area contributed by atoms with Gasteiger partial charge in [0.1, 0.15) is 0 Å².